The van der Waals surface area contributed by atoms with Crippen LogP contribution in [-0.4, -0.2) is 36.5 Å². The van der Waals surface area contributed by atoms with Crippen LogP contribution in [0, 0.1) is 0 Å². The van der Waals surface area contributed by atoms with E-state index < -0.39 is 0 Å². The number of methoxy groups -OCH3 is 1. The monoisotopic (exact) mass is 288 g/mol. The SMILES string of the molecule is COc1ccc(CN(C(=O)C2CCCCN2)C2CC2)cc1. The fourth-order valence-electron chi connectivity index (χ4n) is 2.96. The summed E-state index contributed by atoms with van der Waals surface area (Å²) < 4.78 is 5.19. The van der Waals surface area contributed by atoms with E-state index in [0.29, 0.717) is 12.6 Å². The molecular weight excluding hydrogens is 264 g/mol. The second-order valence-electron chi connectivity index (χ2n) is 6.05. The standard InChI is InChI=1S/C17H24N2O2/c1-21-15-9-5-13(6-10-15)12-19(14-7-8-14)17(20)16-4-2-3-11-18-16/h5-6,9-10,14,16,18H,2-4,7-8,11-12H2,1H3. The number of nitrogens with zero attached hydrogens (tertiary/aromatic N) is 1. The molecule has 1 heterocycles. The van der Waals surface area contributed by atoms with Crippen LogP contribution in [0.25, 0.3) is 0 Å². The predicted molar refractivity (Wildman–Crippen MR) is 82.2 cm³/mol. The van der Waals surface area contributed by atoms with Crippen LogP contribution in [0.2, 0.25) is 0 Å². The summed E-state index contributed by atoms with van der Waals surface area (Å²) in [6.45, 7) is 1.68. The highest BCUT2D eigenvalue weighted by Crippen LogP contribution is 2.30. The number of carbonyl (C=O) groups excluding carboxylic acids is 1. The Morgan fingerprint density at radius 3 is 2.57 bits per heavy atom. The molecule has 4 nitrogen and oxygen atoms in total. The molecule has 0 aromatic heterocycles. The molecule has 114 valence electrons. The maximum atomic E-state index is 12.7. The Morgan fingerprint density at radius 2 is 2.00 bits per heavy atom. The molecule has 0 spiro atoms. The molecular formula is C17H24N2O2. The van der Waals surface area contributed by atoms with Crippen molar-refractivity contribution in [3.8, 4) is 5.75 Å². The number of hydrogen-bond donors (Lipinski definition) is 1. The topological polar surface area (TPSA) is 41.6 Å². The average molecular weight is 288 g/mol. The third-order valence-corrected chi connectivity index (χ3v) is 4.39. The molecule has 1 amide bonds. The number of hydrogen-bond acceptors (Lipinski definition) is 3. The summed E-state index contributed by atoms with van der Waals surface area (Å²) in [4.78, 5) is 14.8. The first kappa shape index (κ1) is 14.4. The van der Waals surface area contributed by atoms with Crippen molar-refractivity contribution >= 4 is 5.91 Å². The number of piperidine rings is 1. The van der Waals surface area contributed by atoms with E-state index >= 15 is 0 Å². The van der Waals surface area contributed by atoms with Gasteiger partial charge in [0, 0.05) is 12.6 Å². The van der Waals surface area contributed by atoms with Gasteiger partial charge in [-0.2, -0.15) is 0 Å². The second-order valence-corrected chi connectivity index (χ2v) is 6.05. The lowest BCUT2D eigenvalue weighted by atomic mass is 10.0. The molecule has 1 aliphatic carbocycles. The smallest absolute Gasteiger partial charge is 0.240 e. The van der Waals surface area contributed by atoms with Crippen molar-refractivity contribution in [2.75, 3.05) is 13.7 Å². The van der Waals surface area contributed by atoms with Crippen LogP contribution in [0.15, 0.2) is 24.3 Å². The van der Waals surface area contributed by atoms with Gasteiger partial charge < -0.3 is 15.0 Å². The third kappa shape index (κ3) is 3.56. The molecule has 1 saturated heterocycles. The lowest BCUT2D eigenvalue weighted by molar-refractivity contribution is -0.135. The van der Waals surface area contributed by atoms with Gasteiger partial charge in [0.05, 0.1) is 13.2 Å². The average Bonchev–Trinajstić information content (AvgIpc) is 3.38. The Hall–Kier alpha value is -1.55. The van der Waals surface area contributed by atoms with Gasteiger partial charge in [0.1, 0.15) is 5.75 Å². The van der Waals surface area contributed by atoms with Gasteiger partial charge in [0.2, 0.25) is 5.91 Å². The van der Waals surface area contributed by atoms with Crippen molar-refractivity contribution in [2.24, 2.45) is 0 Å². The van der Waals surface area contributed by atoms with Gasteiger partial charge in [0.15, 0.2) is 0 Å². The minimum absolute atomic E-state index is 0.0256. The number of amides is 1. The van der Waals surface area contributed by atoms with Crippen molar-refractivity contribution in [1.29, 1.82) is 0 Å². The van der Waals surface area contributed by atoms with Gasteiger partial charge in [-0.15, -0.1) is 0 Å². The number of ether oxygens (including phenoxy) is 1. The number of nitrogens with one attached hydrogen (secondary N) is 1. The zero-order valence-corrected chi connectivity index (χ0v) is 12.7. The van der Waals surface area contributed by atoms with Crippen molar-refractivity contribution in [1.82, 2.24) is 10.2 Å². The number of rotatable bonds is 5. The van der Waals surface area contributed by atoms with Crippen LogP contribution in [0.4, 0.5) is 0 Å². The number of carbonyl (C=O) groups is 1. The van der Waals surface area contributed by atoms with Gasteiger partial charge in [-0.05, 0) is 49.9 Å². The summed E-state index contributed by atoms with van der Waals surface area (Å²) in [5.74, 6) is 1.14. The molecule has 1 aromatic carbocycles. The van der Waals surface area contributed by atoms with E-state index in [-0.39, 0.29) is 11.9 Å². The van der Waals surface area contributed by atoms with Gasteiger partial charge in [-0.3, -0.25) is 4.79 Å². The van der Waals surface area contributed by atoms with Gasteiger partial charge in [-0.1, -0.05) is 18.6 Å². The lowest BCUT2D eigenvalue weighted by Gasteiger charge is -2.30. The van der Waals surface area contributed by atoms with E-state index in [0.717, 1.165) is 38.0 Å². The van der Waals surface area contributed by atoms with E-state index in [2.05, 4.69) is 22.3 Å². The molecule has 1 saturated carbocycles. The zero-order chi connectivity index (χ0) is 14.7. The molecule has 21 heavy (non-hydrogen) atoms. The fourth-order valence-corrected chi connectivity index (χ4v) is 2.96. The summed E-state index contributed by atoms with van der Waals surface area (Å²) in [5.41, 5.74) is 1.17. The molecule has 1 atom stereocenters. The zero-order valence-electron chi connectivity index (χ0n) is 12.7. The van der Waals surface area contributed by atoms with Crippen LogP contribution in [0.1, 0.15) is 37.7 Å². The molecule has 2 aliphatic rings. The van der Waals surface area contributed by atoms with Crippen LogP contribution in [0.3, 0.4) is 0 Å². The summed E-state index contributed by atoms with van der Waals surface area (Å²) in [6, 6.07) is 8.50. The molecule has 1 aromatic rings. The molecule has 4 heteroatoms. The van der Waals surface area contributed by atoms with Gasteiger partial charge in [0.25, 0.3) is 0 Å². The second kappa shape index (κ2) is 6.48. The van der Waals surface area contributed by atoms with Gasteiger partial charge in [-0.25, -0.2) is 0 Å². The molecule has 1 N–H and O–H groups in total. The maximum Gasteiger partial charge on any atom is 0.240 e. The van der Waals surface area contributed by atoms with Crippen molar-refractivity contribution in [3.63, 3.8) is 0 Å². The Labute approximate surface area is 126 Å². The van der Waals surface area contributed by atoms with Crippen molar-refractivity contribution in [2.45, 2.75) is 50.7 Å². The summed E-state index contributed by atoms with van der Waals surface area (Å²) in [7, 11) is 1.67. The molecule has 0 bridgehead atoms. The highest BCUT2D eigenvalue weighted by molar-refractivity contribution is 5.82. The van der Waals surface area contributed by atoms with Gasteiger partial charge >= 0.3 is 0 Å². The normalized spacial score (nSPS) is 21.9. The Balaban J connectivity index is 1.67. The number of benzene rings is 1. The first-order valence-electron chi connectivity index (χ1n) is 7.95. The van der Waals surface area contributed by atoms with Crippen molar-refractivity contribution < 1.29 is 9.53 Å². The summed E-state index contributed by atoms with van der Waals surface area (Å²) >= 11 is 0. The first-order chi connectivity index (χ1) is 10.3. The van der Waals surface area contributed by atoms with Crippen LogP contribution in [-0.2, 0) is 11.3 Å². The van der Waals surface area contributed by atoms with E-state index in [1.165, 1.54) is 12.0 Å². The van der Waals surface area contributed by atoms with Crippen molar-refractivity contribution in [3.05, 3.63) is 29.8 Å². The molecule has 2 fully saturated rings. The highest BCUT2D eigenvalue weighted by Gasteiger charge is 2.36. The predicted octanol–water partition coefficient (Wildman–Crippen LogP) is 2.33. The van der Waals surface area contributed by atoms with E-state index in [4.69, 9.17) is 4.74 Å². The molecule has 1 aliphatic heterocycles. The lowest BCUT2D eigenvalue weighted by Crippen LogP contribution is -2.49. The van der Waals surface area contributed by atoms with Crippen LogP contribution < -0.4 is 10.1 Å². The quantitative estimate of drug-likeness (QED) is 0.904. The molecule has 1 unspecified atom stereocenters. The van der Waals surface area contributed by atoms with E-state index in [1.54, 1.807) is 7.11 Å². The van der Waals surface area contributed by atoms with E-state index in [9.17, 15) is 4.79 Å². The summed E-state index contributed by atoms with van der Waals surface area (Å²) in [6.07, 6.45) is 5.62. The minimum Gasteiger partial charge on any atom is -0.497 e. The highest BCUT2D eigenvalue weighted by atomic mass is 16.5. The Kier molecular flexibility index (Phi) is 4.44. The molecule has 0 radical (unpaired) electrons. The fraction of sp³-hybridized carbons (Fsp3) is 0.588. The first-order valence-corrected chi connectivity index (χ1v) is 7.95. The minimum atomic E-state index is 0.0256. The van der Waals surface area contributed by atoms with Crippen LogP contribution >= 0.6 is 0 Å². The Bertz CT molecular complexity index is 476. The molecule has 3 rings (SSSR count). The third-order valence-electron chi connectivity index (χ3n) is 4.39. The maximum absolute atomic E-state index is 12.7. The van der Waals surface area contributed by atoms with Crippen LogP contribution in [0.5, 0.6) is 5.75 Å². The van der Waals surface area contributed by atoms with E-state index in [1.807, 2.05) is 12.1 Å². The Morgan fingerprint density at radius 1 is 1.24 bits per heavy atom. The largest absolute Gasteiger partial charge is 0.497 e. The summed E-state index contributed by atoms with van der Waals surface area (Å²) in [5, 5.41) is 3.37.